The van der Waals surface area contributed by atoms with Gasteiger partial charge in [-0.2, -0.15) is 0 Å². The molecule has 1 amide bonds. The number of halogens is 2. The van der Waals surface area contributed by atoms with Gasteiger partial charge in [0, 0.05) is 11.9 Å². The highest BCUT2D eigenvalue weighted by atomic mass is 35.5. The number of furan rings is 1. The third kappa shape index (κ3) is 4.94. The summed E-state index contributed by atoms with van der Waals surface area (Å²) in [6.07, 6.45) is 1.15. The van der Waals surface area contributed by atoms with Crippen molar-refractivity contribution in [2.45, 2.75) is 38.5 Å². The molecule has 1 aliphatic rings. The molecule has 9 heteroatoms. The van der Waals surface area contributed by atoms with Crippen molar-refractivity contribution >= 4 is 42.1 Å². The number of nitrogens with one attached hydrogen (secondary N) is 1. The number of rotatable bonds is 5. The third-order valence-corrected chi connectivity index (χ3v) is 4.41. The van der Waals surface area contributed by atoms with Crippen LogP contribution in [0.1, 0.15) is 23.6 Å². The Morgan fingerprint density at radius 1 is 1.42 bits per heavy atom. The maximum Gasteiger partial charge on any atom is 0.249 e. The van der Waals surface area contributed by atoms with Gasteiger partial charge in [0.25, 0.3) is 0 Å². The fourth-order valence-electron chi connectivity index (χ4n) is 2.45. The Hall–Kier alpha value is -1.12. The highest BCUT2D eigenvalue weighted by molar-refractivity contribution is 7.09. The molecule has 0 bridgehead atoms. The lowest BCUT2D eigenvalue weighted by atomic mass is 10.2. The predicted octanol–water partition coefficient (Wildman–Crippen LogP) is 2.68. The number of nitrogens with zero attached hydrogens (tertiary/aromatic N) is 1. The van der Waals surface area contributed by atoms with Crippen LogP contribution in [0.3, 0.4) is 0 Å². The van der Waals surface area contributed by atoms with Gasteiger partial charge in [0.15, 0.2) is 5.76 Å². The molecule has 24 heavy (non-hydrogen) atoms. The van der Waals surface area contributed by atoms with Crippen molar-refractivity contribution in [3.05, 3.63) is 28.3 Å². The monoisotopic (exact) mass is 393 g/mol. The first-order valence-corrected chi connectivity index (χ1v) is 8.18. The van der Waals surface area contributed by atoms with Gasteiger partial charge >= 0.3 is 0 Å². The van der Waals surface area contributed by atoms with Gasteiger partial charge in [-0.1, -0.05) is 0 Å². The highest BCUT2D eigenvalue weighted by Crippen LogP contribution is 2.24. The van der Waals surface area contributed by atoms with Gasteiger partial charge in [-0.3, -0.25) is 4.79 Å². The van der Waals surface area contributed by atoms with Crippen molar-refractivity contribution in [1.82, 2.24) is 10.3 Å². The average molecular weight is 394 g/mol. The van der Waals surface area contributed by atoms with Gasteiger partial charge in [-0.15, -0.1) is 36.2 Å². The molecule has 0 aliphatic carbocycles. The van der Waals surface area contributed by atoms with Gasteiger partial charge < -0.3 is 20.2 Å². The number of nitrogens with two attached hydrogens (primary N) is 1. The summed E-state index contributed by atoms with van der Waals surface area (Å²) in [5, 5.41) is 5.79. The fourth-order valence-corrected chi connectivity index (χ4v) is 3.05. The van der Waals surface area contributed by atoms with Gasteiger partial charge in [-0.25, -0.2) is 4.98 Å². The Balaban J connectivity index is 0.00000144. The summed E-state index contributed by atoms with van der Waals surface area (Å²) >= 11 is 1.58. The smallest absolute Gasteiger partial charge is 0.249 e. The van der Waals surface area contributed by atoms with Crippen molar-refractivity contribution in [2.75, 3.05) is 6.54 Å². The zero-order valence-corrected chi connectivity index (χ0v) is 15.6. The van der Waals surface area contributed by atoms with Gasteiger partial charge in [0.2, 0.25) is 5.91 Å². The Morgan fingerprint density at radius 2 is 2.21 bits per heavy atom. The number of aromatic nitrogens is 1. The molecule has 1 fully saturated rings. The maximum absolute atomic E-state index is 12.0. The quantitative estimate of drug-likeness (QED) is 0.814. The second-order valence-electron chi connectivity index (χ2n) is 5.30. The first-order chi connectivity index (χ1) is 10.7. The number of ether oxygens (including phenoxy) is 1. The maximum atomic E-state index is 12.0. The van der Waals surface area contributed by atoms with E-state index in [0.29, 0.717) is 24.6 Å². The van der Waals surface area contributed by atoms with E-state index in [1.165, 1.54) is 0 Å². The number of hydrogen-bond acceptors (Lipinski definition) is 6. The number of amides is 1. The van der Waals surface area contributed by atoms with E-state index in [9.17, 15) is 4.79 Å². The molecular weight excluding hydrogens is 373 g/mol. The normalized spacial score (nSPS) is 19.4. The lowest BCUT2D eigenvalue weighted by Gasteiger charge is -2.11. The Kier molecular flexibility index (Phi) is 8.18. The lowest BCUT2D eigenvalue weighted by molar-refractivity contribution is -0.132. The Morgan fingerprint density at radius 3 is 2.83 bits per heavy atom. The molecule has 3 N–H and O–H groups in total. The fraction of sp³-hybridized carbons (Fsp3) is 0.467. The SMILES string of the molecule is Cc1nc(-c2ccc(CNC(=O)[C@@H]3CC[C@H](CN)O3)o2)cs1.Cl.Cl. The first kappa shape index (κ1) is 20.9. The molecule has 134 valence electrons. The Bertz CT molecular complexity index is 662. The molecule has 0 spiro atoms. The van der Waals surface area contributed by atoms with Crippen molar-refractivity contribution in [2.24, 2.45) is 5.73 Å². The molecular formula is C15H21Cl2N3O3S. The van der Waals surface area contributed by atoms with Crippen molar-refractivity contribution < 1.29 is 13.9 Å². The van der Waals surface area contributed by atoms with Crippen LogP contribution in [0.25, 0.3) is 11.5 Å². The third-order valence-electron chi connectivity index (χ3n) is 3.63. The average Bonchev–Trinajstić information content (AvgIpc) is 3.24. The molecule has 0 radical (unpaired) electrons. The molecule has 0 unspecified atom stereocenters. The molecule has 0 aromatic carbocycles. The lowest BCUT2D eigenvalue weighted by Crippen LogP contribution is -2.35. The second kappa shape index (κ2) is 9.39. The van der Waals surface area contributed by atoms with Gasteiger partial charge in [0.05, 0.1) is 17.7 Å². The molecule has 6 nitrogen and oxygen atoms in total. The minimum absolute atomic E-state index is 0. The van der Waals surface area contributed by atoms with Crippen LogP contribution in [-0.2, 0) is 16.1 Å². The highest BCUT2D eigenvalue weighted by Gasteiger charge is 2.29. The zero-order chi connectivity index (χ0) is 15.5. The van der Waals surface area contributed by atoms with Crippen molar-refractivity contribution in [1.29, 1.82) is 0 Å². The largest absolute Gasteiger partial charge is 0.458 e. The first-order valence-electron chi connectivity index (χ1n) is 7.30. The van der Waals surface area contributed by atoms with Crippen molar-refractivity contribution in [3.8, 4) is 11.5 Å². The summed E-state index contributed by atoms with van der Waals surface area (Å²) in [6.45, 7) is 2.75. The predicted molar refractivity (Wildman–Crippen MR) is 97.8 cm³/mol. The van der Waals surface area contributed by atoms with Gasteiger partial charge in [-0.05, 0) is 31.9 Å². The molecule has 2 aromatic heterocycles. The van der Waals surface area contributed by atoms with Crippen LogP contribution in [0.2, 0.25) is 0 Å². The Labute approximate surface area is 157 Å². The van der Waals surface area contributed by atoms with Crippen LogP contribution >= 0.6 is 36.2 Å². The molecule has 2 atom stereocenters. The van der Waals surface area contributed by atoms with Crippen LogP contribution in [0.15, 0.2) is 21.9 Å². The van der Waals surface area contributed by atoms with Crippen LogP contribution in [0, 0.1) is 6.92 Å². The molecule has 2 aromatic rings. The van der Waals surface area contributed by atoms with E-state index in [4.69, 9.17) is 14.9 Å². The molecule has 1 aliphatic heterocycles. The standard InChI is InChI=1S/C15H19N3O3S.2ClH/c1-9-18-12(8-22-9)13-4-3-11(21-13)7-17-15(19)14-5-2-10(6-16)20-14;;/h3-4,8,10,14H,2,5-7,16H2,1H3,(H,17,19);2*1H/t10-,14+;;/m1../s1. The second-order valence-corrected chi connectivity index (χ2v) is 6.36. The van der Waals surface area contributed by atoms with Crippen LogP contribution < -0.4 is 11.1 Å². The summed E-state index contributed by atoms with van der Waals surface area (Å²) in [6, 6.07) is 3.72. The van der Waals surface area contributed by atoms with E-state index in [0.717, 1.165) is 23.5 Å². The van der Waals surface area contributed by atoms with E-state index in [2.05, 4.69) is 10.3 Å². The summed E-state index contributed by atoms with van der Waals surface area (Å²) < 4.78 is 11.3. The van der Waals surface area contributed by atoms with E-state index < -0.39 is 6.10 Å². The minimum Gasteiger partial charge on any atom is -0.458 e. The molecule has 0 saturated carbocycles. The van der Waals surface area contributed by atoms with Crippen LogP contribution in [-0.4, -0.2) is 29.6 Å². The van der Waals surface area contributed by atoms with E-state index in [-0.39, 0.29) is 36.8 Å². The minimum atomic E-state index is -0.399. The molecule has 3 rings (SSSR count). The molecule has 1 saturated heterocycles. The summed E-state index contributed by atoms with van der Waals surface area (Å²) in [5.74, 6) is 1.30. The van der Waals surface area contributed by atoms with E-state index in [1.54, 1.807) is 11.3 Å². The topological polar surface area (TPSA) is 90.4 Å². The number of thiazole rings is 1. The summed E-state index contributed by atoms with van der Waals surface area (Å²) in [5.41, 5.74) is 6.37. The number of aryl methyl sites for hydroxylation is 1. The van der Waals surface area contributed by atoms with Gasteiger partial charge in [0.1, 0.15) is 17.6 Å². The summed E-state index contributed by atoms with van der Waals surface area (Å²) in [4.78, 5) is 16.4. The number of carbonyl (C=O) groups excluding carboxylic acids is 1. The van der Waals surface area contributed by atoms with E-state index in [1.807, 2.05) is 24.4 Å². The number of hydrogen-bond donors (Lipinski definition) is 2. The molecule has 3 heterocycles. The van der Waals surface area contributed by atoms with Crippen molar-refractivity contribution in [3.63, 3.8) is 0 Å². The van der Waals surface area contributed by atoms with E-state index >= 15 is 0 Å². The van der Waals surface area contributed by atoms with Crippen LogP contribution in [0.5, 0.6) is 0 Å². The van der Waals surface area contributed by atoms with Crippen LogP contribution in [0.4, 0.5) is 0 Å². The zero-order valence-electron chi connectivity index (χ0n) is 13.2. The summed E-state index contributed by atoms with van der Waals surface area (Å²) in [7, 11) is 0. The number of carbonyl (C=O) groups is 1.